The molecule has 22 heavy (non-hydrogen) atoms. The van der Waals surface area contributed by atoms with Crippen molar-refractivity contribution in [3.05, 3.63) is 22.7 Å². The number of benzene rings is 1. The van der Waals surface area contributed by atoms with Crippen molar-refractivity contribution >= 4 is 33.9 Å². The Morgan fingerprint density at radius 2 is 1.82 bits per heavy atom. The maximum absolute atomic E-state index is 12.3. The summed E-state index contributed by atoms with van der Waals surface area (Å²) in [6, 6.07) is 1.88. The maximum Gasteiger partial charge on any atom is 0.448 e. The van der Waals surface area contributed by atoms with Crippen LogP contribution < -0.4 is 5.73 Å². The molecule has 124 valence electrons. The number of aryl methyl sites for hydroxylation is 1. The average molecular weight is 367 g/mol. The Labute approximate surface area is 128 Å². The van der Waals surface area contributed by atoms with Gasteiger partial charge >= 0.3 is 12.4 Å². The predicted molar refractivity (Wildman–Crippen MR) is 70.9 cm³/mol. The molecule has 0 amide bonds. The second kappa shape index (κ2) is 6.45. The number of aliphatic imine (C=N–C) groups is 1. The molecule has 0 saturated heterocycles. The highest BCUT2D eigenvalue weighted by atomic mass is 35.5. The number of nitrogens with two attached hydrogens (primary N) is 1. The summed E-state index contributed by atoms with van der Waals surface area (Å²) in [5.41, 5.74) is 4.36. The summed E-state index contributed by atoms with van der Waals surface area (Å²) in [6.45, 7) is 1.33. The van der Waals surface area contributed by atoms with E-state index >= 15 is 0 Å². The summed E-state index contributed by atoms with van der Waals surface area (Å²) < 4.78 is 85.4. The third-order valence-corrected chi connectivity index (χ3v) is 4.14. The summed E-state index contributed by atoms with van der Waals surface area (Å²) in [5.74, 6) is -3.35. The molecule has 0 aliphatic rings. The molecule has 0 fully saturated rings. The van der Waals surface area contributed by atoms with Crippen molar-refractivity contribution in [1.82, 2.24) is 0 Å². The number of hydrogen-bond acceptors (Lipinski definition) is 2. The lowest BCUT2D eigenvalue weighted by Crippen LogP contribution is -2.30. The quantitative estimate of drug-likeness (QED) is 0.501. The molecule has 1 atom stereocenters. The third-order valence-electron chi connectivity index (χ3n) is 2.32. The van der Waals surface area contributed by atoms with Gasteiger partial charge in [-0.15, -0.1) is 0 Å². The Morgan fingerprint density at radius 3 is 2.27 bits per heavy atom. The van der Waals surface area contributed by atoms with Gasteiger partial charge in [-0.1, -0.05) is 11.6 Å². The second-order valence-electron chi connectivity index (χ2n) is 4.17. The molecule has 2 N–H and O–H groups in total. The minimum atomic E-state index is -4.92. The monoisotopic (exact) mass is 366 g/mol. The fraction of sp³-hybridized carbons (Fsp3) is 0.364. The summed E-state index contributed by atoms with van der Waals surface area (Å²) >= 11 is 5.68. The predicted octanol–water partition coefficient (Wildman–Crippen LogP) is 3.87. The molecule has 11 heteroatoms. The molecular formula is C11H9ClF6N2OS. The van der Waals surface area contributed by atoms with Gasteiger partial charge < -0.3 is 5.73 Å². The molecule has 1 aromatic rings. The molecule has 3 nitrogen and oxygen atoms in total. The molecule has 0 radical (unpaired) electrons. The minimum absolute atomic E-state index is 0.136. The van der Waals surface area contributed by atoms with Crippen molar-refractivity contribution < 1.29 is 30.6 Å². The Bertz CT molecular complexity index is 626. The van der Waals surface area contributed by atoms with Crippen molar-refractivity contribution in [3.8, 4) is 0 Å². The van der Waals surface area contributed by atoms with E-state index in [1.54, 1.807) is 0 Å². The van der Waals surface area contributed by atoms with Crippen LogP contribution >= 0.6 is 11.6 Å². The van der Waals surface area contributed by atoms with Gasteiger partial charge in [0.1, 0.15) is 5.75 Å². The lowest BCUT2D eigenvalue weighted by molar-refractivity contribution is -0.105. The normalized spacial score (nSPS) is 15.0. The van der Waals surface area contributed by atoms with Crippen molar-refractivity contribution in [2.24, 2.45) is 10.7 Å². The second-order valence-corrected chi connectivity index (χ2v) is 6.00. The topological polar surface area (TPSA) is 55.4 Å². The first-order chi connectivity index (χ1) is 9.81. The molecule has 0 saturated carbocycles. The SMILES string of the molecule is Cc1cc(Cl)c(N=C(N)C(F)(F)F)cc1S(=O)CC(F)(F)F. The lowest BCUT2D eigenvalue weighted by Gasteiger charge is -2.11. The standard InChI is InChI=1S/C11H9ClF6N2OS/c1-5-2-6(12)7(20-9(19)11(16,17)18)3-8(5)22(21)4-10(13,14)15/h2-3H,4H2,1H3,(H2,19,20). The highest BCUT2D eigenvalue weighted by Crippen LogP contribution is 2.32. The van der Waals surface area contributed by atoms with E-state index in [2.05, 4.69) is 4.99 Å². The molecule has 0 aliphatic heterocycles. The number of rotatable bonds is 3. The number of nitrogens with zero attached hydrogens (tertiary/aromatic N) is 1. The molecule has 1 aromatic carbocycles. The van der Waals surface area contributed by atoms with Gasteiger partial charge in [-0.3, -0.25) is 4.21 Å². The van der Waals surface area contributed by atoms with Crippen LogP contribution in [0.25, 0.3) is 0 Å². The van der Waals surface area contributed by atoms with Crippen LogP contribution in [-0.2, 0) is 10.8 Å². The average Bonchev–Trinajstić information content (AvgIpc) is 2.28. The summed E-state index contributed by atoms with van der Waals surface area (Å²) in [5, 5.41) is -0.252. The first-order valence-electron chi connectivity index (χ1n) is 5.48. The molecule has 0 aliphatic carbocycles. The van der Waals surface area contributed by atoms with Crippen LogP contribution in [-0.4, -0.2) is 28.1 Å². The van der Waals surface area contributed by atoms with E-state index in [4.69, 9.17) is 17.3 Å². The van der Waals surface area contributed by atoms with E-state index in [1.807, 2.05) is 0 Å². The molecule has 1 rings (SSSR count). The number of halogens is 7. The summed E-state index contributed by atoms with van der Waals surface area (Å²) in [6.07, 6.45) is -9.61. The lowest BCUT2D eigenvalue weighted by atomic mass is 10.2. The fourth-order valence-corrected chi connectivity index (χ4v) is 2.77. The van der Waals surface area contributed by atoms with Crippen molar-refractivity contribution in [2.45, 2.75) is 24.2 Å². The Kier molecular flexibility index (Phi) is 5.50. The zero-order chi connectivity index (χ0) is 17.3. The molecular weight excluding hydrogens is 358 g/mol. The smallest absolute Gasteiger partial charge is 0.380 e. The van der Waals surface area contributed by atoms with Crippen LogP contribution in [0, 0.1) is 6.92 Å². The Morgan fingerprint density at radius 1 is 1.27 bits per heavy atom. The highest BCUT2D eigenvalue weighted by molar-refractivity contribution is 7.85. The van der Waals surface area contributed by atoms with E-state index in [-0.39, 0.29) is 15.5 Å². The molecule has 1 unspecified atom stereocenters. The van der Waals surface area contributed by atoms with Gasteiger partial charge in [0.25, 0.3) is 0 Å². The van der Waals surface area contributed by atoms with Gasteiger partial charge in [-0.05, 0) is 24.6 Å². The van der Waals surface area contributed by atoms with Crippen molar-refractivity contribution in [1.29, 1.82) is 0 Å². The van der Waals surface area contributed by atoms with Crippen molar-refractivity contribution in [2.75, 3.05) is 5.75 Å². The first kappa shape index (κ1) is 18.8. The van der Waals surface area contributed by atoms with E-state index in [1.165, 1.54) is 6.92 Å². The number of alkyl halides is 6. The molecule has 0 aromatic heterocycles. The third kappa shape index (κ3) is 5.16. The molecule has 0 heterocycles. The molecule has 0 bridgehead atoms. The van der Waals surface area contributed by atoms with E-state index < -0.39 is 40.4 Å². The highest BCUT2D eigenvalue weighted by Gasteiger charge is 2.34. The zero-order valence-corrected chi connectivity index (χ0v) is 12.4. The van der Waals surface area contributed by atoms with Crippen LogP contribution in [0.5, 0.6) is 0 Å². The fourth-order valence-electron chi connectivity index (χ4n) is 1.39. The van der Waals surface area contributed by atoms with Gasteiger partial charge in [0.2, 0.25) is 5.84 Å². The summed E-state index contributed by atoms with van der Waals surface area (Å²) in [7, 11) is -2.49. The maximum atomic E-state index is 12.3. The summed E-state index contributed by atoms with van der Waals surface area (Å²) in [4.78, 5) is 2.72. The Balaban J connectivity index is 3.29. The van der Waals surface area contributed by atoms with Gasteiger partial charge in [-0.2, -0.15) is 26.3 Å². The zero-order valence-electron chi connectivity index (χ0n) is 10.8. The van der Waals surface area contributed by atoms with E-state index in [0.717, 1.165) is 12.1 Å². The van der Waals surface area contributed by atoms with Crippen LogP contribution in [0.1, 0.15) is 5.56 Å². The number of amidine groups is 1. The van der Waals surface area contributed by atoms with Gasteiger partial charge in [0.15, 0.2) is 0 Å². The van der Waals surface area contributed by atoms with Crippen LogP contribution in [0.2, 0.25) is 5.02 Å². The van der Waals surface area contributed by atoms with Gasteiger partial charge in [0, 0.05) is 4.90 Å². The van der Waals surface area contributed by atoms with Gasteiger partial charge in [-0.25, -0.2) is 4.99 Å². The van der Waals surface area contributed by atoms with Crippen LogP contribution in [0.15, 0.2) is 22.0 Å². The van der Waals surface area contributed by atoms with Gasteiger partial charge in [0.05, 0.1) is 21.5 Å². The van der Waals surface area contributed by atoms with Crippen LogP contribution in [0.3, 0.4) is 0 Å². The van der Waals surface area contributed by atoms with Crippen molar-refractivity contribution in [3.63, 3.8) is 0 Å². The molecule has 0 spiro atoms. The number of hydrogen-bond donors (Lipinski definition) is 1. The van der Waals surface area contributed by atoms with E-state index in [9.17, 15) is 30.6 Å². The Hall–Kier alpha value is -1.29. The first-order valence-corrected chi connectivity index (χ1v) is 7.17. The largest absolute Gasteiger partial charge is 0.448 e. The van der Waals surface area contributed by atoms with Crippen LogP contribution in [0.4, 0.5) is 32.0 Å². The minimum Gasteiger partial charge on any atom is -0.380 e. The van der Waals surface area contributed by atoms with E-state index in [0.29, 0.717) is 0 Å².